The van der Waals surface area contributed by atoms with Crippen molar-refractivity contribution in [1.82, 2.24) is 9.97 Å². The standard InChI is InChI=1S/C60H42N2O/c1-59-34-13-12-31-57(59)63-56-38-45(32-33-53(56)60(59)51-29-10-8-27-49(51)50-28-9-11-30-52(50)60)44-23-15-25-47(36-44)55-39-54(46-24-14-21-42(35-46)40-17-4-2-5-18-40)61-58(62-55)48-26-16-22-43(37-48)41-19-6-3-7-20-41/h2-33,35-39H,34H2,1H3. The van der Waals surface area contributed by atoms with Gasteiger partial charge in [0.05, 0.1) is 16.8 Å². The first-order valence-electron chi connectivity index (χ1n) is 21.8. The highest BCUT2D eigenvalue weighted by molar-refractivity contribution is 5.87. The van der Waals surface area contributed by atoms with Crippen LogP contribution in [0.15, 0.2) is 230 Å². The minimum atomic E-state index is -0.422. The van der Waals surface area contributed by atoms with Crippen LogP contribution in [0.25, 0.3) is 78.4 Å². The third-order valence-electron chi connectivity index (χ3n) is 13.6. The van der Waals surface area contributed by atoms with Crippen LogP contribution in [0.4, 0.5) is 0 Å². The Hall–Kier alpha value is -7.88. The quantitative estimate of drug-likeness (QED) is 0.168. The van der Waals surface area contributed by atoms with Gasteiger partial charge in [-0.1, -0.05) is 195 Å². The molecule has 12 rings (SSSR count). The van der Waals surface area contributed by atoms with Crippen molar-refractivity contribution in [2.45, 2.75) is 18.8 Å². The molecule has 1 spiro atoms. The molecule has 1 atom stereocenters. The Bertz CT molecular complexity index is 3160. The van der Waals surface area contributed by atoms with Gasteiger partial charge >= 0.3 is 0 Å². The van der Waals surface area contributed by atoms with Gasteiger partial charge in [0.1, 0.15) is 11.5 Å². The second-order valence-corrected chi connectivity index (χ2v) is 17.1. The Morgan fingerprint density at radius 2 is 0.889 bits per heavy atom. The summed E-state index contributed by atoms with van der Waals surface area (Å²) in [6.07, 6.45) is 7.50. The van der Waals surface area contributed by atoms with Crippen molar-refractivity contribution in [3.05, 3.63) is 247 Å². The van der Waals surface area contributed by atoms with E-state index in [1.807, 2.05) is 6.07 Å². The molecule has 8 aromatic carbocycles. The van der Waals surface area contributed by atoms with Gasteiger partial charge < -0.3 is 4.74 Å². The molecule has 0 radical (unpaired) electrons. The lowest BCUT2D eigenvalue weighted by Gasteiger charge is -2.53. The molecule has 63 heavy (non-hydrogen) atoms. The maximum atomic E-state index is 7.03. The molecular formula is C60H42N2O. The number of hydrogen-bond donors (Lipinski definition) is 0. The van der Waals surface area contributed by atoms with Gasteiger partial charge in [-0.2, -0.15) is 0 Å². The maximum absolute atomic E-state index is 7.03. The lowest BCUT2D eigenvalue weighted by atomic mass is 9.52. The summed E-state index contributed by atoms with van der Waals surface area (Å²) < 4.78 is 7.03. The number of aromatic nitrogens is 2. The van der Waals surface area contributed by atoms with Crippen molar-refractivity contribution < 1.29 is 4.74 Å². The van der Waals surface area contributed by atoms with Gasteiger partial charge in [-0.15, -0.1) is 0 Å². The monoisotopic (exact) mass is 806 g/mol. The number of ether oxygens (including phenoxy) is 1. The third kappa shape index (κ3) is 5.88. The first-order chi connectivity index (χ1) is 31.1. The fourth-order valence-corrected chi connectivity index (χ4v) is 10.5. The van der Waals surface area contributed by atoms with E-state index in [1.54, 1.807) is 0 Å². The number of hydrogen-bond acceptors (Lipinski definition) is 3. The molecule has 0 bridgehead atoms. The van der Waals surface area contributed by atoms with Gasteiger partial charge in [-0.3, -0.25) is 0 Å². The second-order valence-electron chi connectivity index (χ2n) is 17.1. The fourth-order valence-electron chi connectivity index (χ4n) is 10.5. The van der Waals surface area contributed by atoms with Gasteiger partial charge in [0.25, 0.3) is 0 Å². The molecule has 1 aromatic heterocycles. The van der Waals surface area contributed by atoms with Gasteiger partial charge in [-0.05, 0) is 98.5 Å². The minimum Gasteiger partial charge on any atom is -0.461 e. The van der Waals surface area contributed by atoms with E-state index < -0.39 is 5.41 Å². The molecule has 3 nitrogen and oxygen atoms in total. The first-order valence-corrected chi connectivity index (χ1v) is 21.8. The first kappa shape index (κ1) is 36.9. The zero-order valence-corrected chi connectivity index (χ0v) is 34.9. The Balaban J connectivity index is 0.995. The Morgan fingerprint density at radius 1 is 0.413 bits per heavy atom. The molecule has 3 heteroatoms. The number of benzene rings is 8. The van der Waals surface area contributed by atoms with E-state index in [0.717, 1.165) is 73.8 Å². The van der Waals surface area contributed by atoms with Crippen molar-refractivity contribution in [1.29, 1.82) is 0 Å². The van der Waals surface area contributed by atoms with Crippen LogP contribution in [-0.4, -0.2) is 9.97 Å². The Morgan fingerprint density at radius 3 is 1.49 bits per heavy atom. The van der Waals surface area contributed by atoms with Gasteiger partial charge in [0, 0.05) is 27.7 Å². The number of nitrogens with zero attached hydrogens (tertiary/aromatic N) is 2. The highest BCUT2D eigenvalue weighted by Crippen LogP contribution is 2.68. The molecule has 0 amide bonds. The molecule has 1 unspecified atom stereocenters. The van der Waals surface area contributed by atoms with Crippen molar-refractivity contribution >= 4 is 0 Å². The van der Waals surface area contributed by atoms with Crippen LogP contribution >= 0.6 is 0 Å². The largest absolute Gasteiger partial charge is 0.461 e. The van der Waals surface area contributed by atoms with E-state index in [-0.39, 0.29) is 5.41 Å². The van der Waals surface area contributed by atoms with Crippen LogP contribution in [-0.2, 0) is 5.41 Å². The molecule has 1 aliphatic heterocycles. The predicted octanol–water partition coefficient (Wildman–Crippen LogP) is 15.0. The van der Waals surface area contributed by atoms with E-state index in [1.165, 1.54) is 33.4 Å². The Kier molecular flexibility index (Phi) is 8.58. The minimum absolute atomic E-state index is 0.317. The number of allylic oxidation sites excluding steroid dienone is 4. The molecular weight excluding hydrogens is 765 g/mol. The molecule has 2 aliphatic carbocycles. The molecule has 298 valence electrons. The summed E-state index contributed by atoms with van der Waals surface area (Å²) >= 11 is 0. The lowest BCUT2D eigenvalue weighted by Crippen LogP contribution is -2.50. The highest BCUT2D eigenvalue weighted by atomic mass is 16.5. The summed E-state index contributed by atoms with van der Waals surface area (Å²) in [4.78, 5) is 10.6. The molecule has 2 heterocycles. The van der Waals surface area contributed by atoms with Crippen LogP contribution < -0.4 is 4.74 Å². The molecule has 0 N–H and O–H groups in total. The molecule has 9 aromatic rings. The van der Waals surface area contributed by atoms with Crippen molar-refractivity contribution in [2.75, 3.05) is 0 Å². The van der Waals surface area contributed by atoms with Crippen LogP contribution in [0.1, 0.15) is 30.0 Å². The lowest BCUT2D eigenvalue weighted by molar-refractivity contribution is 0.153. The zero-order chi connectivity index (χ0) is 42.0. The van der Waals surface area contributed by atoms with Crippen molar-refractivity contribution in [3.63, 3.8) is 0 Å². The van der Waals surface area contributed by atoms with E-state index in [4.69, 9.17) is 14.7 Å². The van der Waals surface area contributed by atoms with Gasteiger partial charge in [0.2, 0.25) is 0 Å². The third-order valence-corrected chi connectivity index (χ3v) is 13.6. The summed E-state index contributed by atoms with van der Waals surface area (Å²) in [5.74, 6) is 2.58. The average Bonchev–Trinajstić information content (AvgIpc) is 3.66. The second kappa shape index (κ2) is 14.6. The normalized spacial score (nSPS) is 16.3. The summed E-state index contributed by atoms with van der Waals surface area (Å²) in [5, 5.41) is 0. The predicted molar refractivity (Wildman–Crippen MR) is 257 cm³/mol. The van der Waals surface area contributed by atoms with Crippen LogP contribution in [0, 0.1) is 5.41 Å². The average molecular weight is 807 g/mol. The SMILES string of the molecule is CC12CC=CC=C1Oc1cc(-c3cccc(-c4cc(-c5cccc(-c6ccccc6)c5)nc(-c5cccc(-c6ccccc6)c5)n4)c3)ccc1C21c2ccccc2-c2ccccc21. The van der Waals surface area contributed by atoms with Crippen LogP contribution in [0.5, 0.6) is 5.75 Å². The number of fused-ring (bicyclic) bond motifs is 9. The van der Waals surface area contributed by atoms with E-state index in [0.29, 0.717) is 5.82 Å². The van der Waals surface area contributed by atoms with E-state index in [9.17, 15) is 0 Å². The van der Waals surface area contributed by atoms with E-state index >= 15 is 0 Å². The van der Waals surface area contributed by atoms with Crippen molar-refractivity contribution in [3.8, 4) is 84.2 Å². The zero-order valence-electron chi connectivity index (χ0n) is 34.9. The molecule has 0 fully saturated rings. The fraction of sp³-hybridized carbons (Fsp3) is 0.0667. The Labute approximate surface area is 368 Å². The van der Waals surface area contributed by atoms with Gasteiger partial charge in [-0.25, -0.2) is 9.97 Å². The number of rotatable bonds is 6. The van der Waals surface area contributed by atoms with Gasteiger partial charge in [0.15, 0.2) is 5.82 Å². The van der Waals surface area contributed by atoms with E-state index in [2.05, 4.69) is 225 Å². The van der Waals surface area contributed by atoms with Crippen LogP contribution in [0.2, 0.25) is 0 Å². The van der Waals surface area contributed by atoms with Crippen molar-refractivity contribution in [2.24, 2.45) is 5.41 Å². The maximum Gasteiger partial charge on any atom is 0.160 e. The summed E-state index contributed by atoms with van der Waals surface area (Å²) in [6.45, 7) is 2.39. The summed E-state index contributed by atoms with van der Waals surface area (Å²) in [5.41, 5.74) is 17.2. The summed E-state index contributed by atoms with van der Waals surface area (Å²) in [6, 6.07) is 73.8. The molecule has 3 aliphatic rings. The topological polar surface area (TPSA) is 35.0 Å². The highest BCUT2D eigenvalue weighted by Gasteiger charge is 2.61. The van der Waals surface area contributed by atoms with Crippen LogP contribution in [0.3, 0.4) is 0 Å². The smallest absolute Gasteiger partial charge is 0.160 e. The molecule has 0 saturated heterocycles. The summed E-state index contributed by atoms with van der Waals surface area (Å²) in [7, 11) is 0. The molecule has 0 saturated carbocycles.